The van der Waals surface area contributed by atoms with Crippen molar-refractivity contribution in [3.05, 3.63) is 11.6 Å². The number of nitrogens with one attached hydrogen (secondary N) is 1. The second-order valence-corrected chi connectivity index (χ2v) is 4.17. The van der Waals surface area contributed by atoms with E-state index in [4.69, 9.17) is 11.6 Å². The number of rotatable bonds is 5. The normalized spacial score (nSPS) is 20.7. The van der Waals surface area contributed by atoms with Crippen molar-refractivity contribution in [3.63, 3.8) is 0 Å². The first-order chi connectivity index (χ1) is 6.86. The SMILES string of the molecule is CCNCC1CCN(C/C=C/Cl)CC1. The molecular formula is C11H21ClN2. The zero-order valence-electron chi connectivity index (χ0n) is 9.01. The molecular weight excluding hydrogens is 196 g/mol. The summed E-state index contributed by atoms with van der Waals surface area (Å²) < 4.78 is 0. The van der Waals surface area contributed by atoms with Crippen molar-refractivity contribution in [1.82, 2.24) is 10.2 Å². The van der Waals surface area contributed by atoms with Crippen molar-refractivity contribution >= 4 is 11.6 Å². The van der Waals surface area contributed by atoms with Crippen molar-refractivity contribution < 1.29 is 0 Å². The molecule has 0 aromatic heterocycles. The first kappa shape index (κ1) is 12.0. The lowest BCUT2D eigenvalue weighted by atomic mass is 9.97. The Morgan fingerprint density at radius 2 is 2.14 bits per heavy atom. The molecule has 1 heterocycles. The molecule has 0 unspecified atom stereocenters. The molecule has 0 aromatic rings. The summed E-state index contributed by atoms with van der Waals surface area (Å²) in [7, 11) is 0. The molecule has 1 saturated heterocycles. The Morgan fingerprint density at radius 3 is 2.71 bits per heavy atom. The maximum Gasteiger partial charge on any atom is 0.0174 e. The number of likely N-dealkylation sites (tertiary alicyclic amines) is 1. The van der Waals surface area contributed by atoms with Gasteiger partial charge in [-0.05, 0) is 44.9 Å². The van der Waals surface area contributed by atoms with Crippen LogP contribution in [0.4, 0.5) is 0 Å². The fourth-order valence-electron chi connectivity index (χ4n) is 1.91. The van der Waals surface area contributed by atoms with Gasteiger partial charge in [0.1, 0.15) is 0 Å². The molecule has 0 saturated carbocycles. The van der Waals surface area contributed by atoms with Crippen LogP contribution in [0.5, 0.6) is 0 Å². The molecule has 1 aliphatic heterocycles. The summed E-state index contributed by atoms with van der Waals surface area (Å²) in [5.74, 6) is 0.881. The van der Waals surface area contributed by atoms with Crippen molar-refractivity contribution in [2.24, 2.45) is 5.92 Å². The van der Waals surface area contributed by atoms with E-state index in [1.165, 1.54) is 32.5 Å². The van der Waals surface area contributed by atoms with E-state index in [-0.39, 0.29) is 0 Å². The Kier molecular flexibility index (Phi) is 6.24. The van der Waals surface area contributed by atoms with E-state index < -0.39 is 0 Å². The van der Waals surface area contributed by atoms with Gasteiger partial charge in [-0.2, -0.15) is 0 Å². The highest BCUT2D eigenvalue weighted by Gasteiger charge is 2.17. The Hall–Kier alpha value is -0.0500. The van der Waals surface area contributed by atoms with Gasteiger partial charge in [0.25, 0.3) is 0 Å². The van der Waals surface area contributed by atoms with Gasteiger partial charge in [-0.1, -0.05) is 24.6 Å². The Bertz CT molecular complexity index is 163. The van der Waals surface area contributed by atoms with E-state index >= 15 is 0 Å². The molecule has 0 spiro atoms. The number of piperidine rings is 1. The minimum Gasteiger partial charge on any atom is -0.317 e. The maximum absolute atomic E-state index is 5.50. The Balaban J connectivity index is 2.11. The van der Waals surface area contributed by atoms with Crippen LogP contribution in [0.15, 0.2) is 11.6 Å². The summed E-state index contributed by atoms with van der Waals surface area (Å²) in [5, 5.41) is 3.42. The molecule has 0 bridgehead atoms. The molecule has 2 nitrogen and oxygen atoms in total. The van der Waals surface area contributed by atoms with Crippen LogP contribution in [0.25, 0.3) is 0 Å². The van der Waals surface area contributed by atoms with Gasteiger partial charge in [-0.25, -0.2) is 0 Å². The summed E-state index contributed by atoms with van der Waals surface area (Å²) in [4.78, 5) is 2.46. The predicted molar refractivity (Wildman–Crippen MR) is 62.7 cm³/mol. The van der Waals surface area contributed by atoms with Crippen molar-refractivity contribution in [2.45, 2.75) is 19.8 Å². The van der Waals surface area contributed by atoms with E-state index in [2.05, 4.69) is 17.1 Å². The topological polar surface area (TPSA) is 15.3 Å². The quantitative estimate of drug-likeness (QED) is 0.757. The first-order valence-corrected chi connectivity index (χ1v) is 5.98. The summed E-state index contributed by atoms with van der Waals surface area (Å²) in [6, 6.07) is 0. The summed E-state index contributed by atoms with van der Waals surface area (Å²) >= 11 is 5.50. The standard InChI is InChI=1S/C11H21ClN2/c1-2-13-10-11-4-8-14(9-5-11)7-3-6-12/h3,6,11,13H,2,4-5,7-10H2,1H3/b6-3+. The minimum absolute atomic E-state index is 0.881. The number of nitrogens with zero attached hydrogens (tertiary/aromatic N) is 1. The Labute approximate surface area is 92.3 Å². The molecule has 82 valence electrons. The highest BCUT2D eigenvalue weighted by molar-refractivity contribution is 6.25. The number of halogens is 1. The lowest BCUT2D eigenvalue weighted by Crippen LogP contribution is -2.37. The highest BCUT2D eigenvalue weighted by Crippen LogP contribution is 2.15. The molecule has 14 heavy (non-hydrogen) atoms. The third-order valence-electron chi connectivity index (χ3n) is 2.84. The summed E-state index contributed by atoms with van der Waals surface area (Å²) in [5.41, 5.74) is 1.62. The smallest absolute Gasteiger partial charge is 0.0174 e. The van der Waals surface area contributed by atoms with Gasteiger partial charge in [0.15, 0.2) is 0 Å². The van der Waals surface area contributed by atoms with Gasteiger partial charge in [0.05, 0.1) is 0 Å². The molecule has 0 aliphatic carbocycles. The molecule has 0 radical (unpaired) electrons. The van der Waals surface area contributed by atoms with Gasteiger partial charge < -0.3 is 5.32 Å². The van der Waals surface area contributed by atoms with E-state index in [1.54, 1.807) is 5.54 Å². The van der Waals surface area contributed by atoms with Crippen LogP contribution < -0.4 is 5.32 Å². The van der Waals surface area contributed by atoms with Crippen molar-refractivity contribution in [2.75, 3.05) is 32.7 Å². The van der Waals surface area contributed by atoms with Gasteiger partial charge in [0, 0.05) is 12.1 Å². The van der Waals surface area contributed by atoms with Gasteiger partial charge in [-0.15, -0.1) is 0 Å². The van der Waals surface area contributed by atoms with Gasteiger partial charge in [-0.3, -0.25) is 4.90 Å². The fraction of sp³-hybridized carbons (Fsp3) is 0.818. The van der Waals surface area contributed by atoms with E-state index in [0.29, 0.717) is 0 Å². The predicted octanol–water partition coefficient (Wildman–Crippen LogP) is 2.06. The van der Waals surface area contributed by atoms with E-state index in [9.17, 15) is 0 Å². The molecule has 1 fully saturated rings. The van der Waals surface area contributed by atoms with Crippen molar-refractivity contribution in [3.8, 4) is 0 Å². The van der Waals surface area contributed by atoms with Crippen molar-refractivity contribution in [1.29, 1.82) is 0 Å². The van der Waals surface area contributed by atoms with Crippen LogP contribution in [0, 0.1) is 5.92 Å². The molecule has 0 amide bonds. The Morgan fingerprint density at radius 1 is 1.43 bits per heavy atom. The first-order valence-electron chi connectivity index (χ1n) is 5.55. The van der Waals surface area contributed by atoms with E-state index in [0.717, 1.165) is 19.0 Å². The van der Waals surface area contributed by atoms with Crippen LogP contribution in [0.1, 0.15) is 19.8 Å². The average molecular weight is 217 g/mol. The van der Waals surface area contributed by atoms with Crippen LogP contribution >= 0.6 is 11.6 Å². The third kappa shape index (κ3) is 4.45. The van der Waals surface area contributed by atoms with Gasteiger partial charge >= 0.3 is 0 Å². The maximum atomic E-state index is 5.50. The zero-order valence-corrected chi connectivity index (χ0v) is 9.76. The van der Waals surface area contributed by atoms with Crippen LogP contribution in [-0.2, 0) is 0 Å². The monoisotopic (exact) mass is 216 g/mol. The molecule has 0 aromatic carbocycles. The zero-order chi connectivity index (χ0) is 10.2. The second-order valence-electron chi connectivity index (χ2n) is 3.91. The lowest BCUT2D eigenvalue weighted by Gasteiger charge is -2.31. The highest BCUT2D eigenvalue weighted by atomic mass is 35.5. The molecule has 1 aliphatic rings. The summed E-state index contributed by atoms with van der Waals surface area (Å²) in [6.45, 7) is 7.90. The fourth-order valence-corrected chi connectivity index (χ4v) is 1.99. The molecule has 1 N–H and O–H groups in total. The molecule has 1 rings (SSSR count). The molecule has 3 heteroatoms. The summed E-state index contributed by atoms with van der Waals surface area (Å²) in [6.07, 6.45) is 4.67. The average Bonchev–Trinajstić information content (AvgIpc) is 2.25. The van der Waals surface area contributed by atoms with Crippen LogP contribution in [0.3, 0.4) is 0 Å². The lowest BCUT2D eigenvalue weighted by molar-refractivity contribution is 0.199. The number of hydrogen-bond acceptors (Lipinski definition) is 2. The third-order valence-corrected chi connectivity index (χ3v) is 3.02. The second kappa shape index (κ2) is 7.27. The van der Waals surface area contributed by atoms with E-state index in [1.807, 2.05) is 6.08 Å². The largest absolute Gasteiger partial charge is 0.317 e. The number of hydrogen-bond donors (Lipinski definition) is 1. The minimum atomic E-state index is 0.881. The van der Waals surface area contributed by atoms with Gasteiger partial charge in [0.2, 0.25) is 0 Å². The van der Waals surface area contributed by atoms with Crippen LogP contribution in [-0.4, -0.2) is 37.6 Å². The van der Waals surface area contributed by atoms with Crippen LogP contribution in [0.2, 0.25) is 0 Å². The molecule has 0 atom stereocenters.